The van der Waals surface area contributed by atoms with Gasteiger partial charge < -0.3 is 38.3 Å². The molecule has 37 heavy (non-hydrogen) atoms. The molecular weight excluding hydrogens is 480 g/mol. The molecule has 202 valence electrons. The first-order valence-electron chi connectivity index (χ1n) is 12.5. The summed E-state index contributed by atoms with van der Waals surface area (Å²) in [4.78, 5) is 12.1. The van der Waals surface area contributed by atoms with Crippen molar-refractivity contribution in [1.29, 1.82) is 0 Å². The molecular formula is C28H36O9. The molecule has 9 nitrogen and oxygen atoms in total. The van der Waals surface area contributed by atoms with Crippen LogP contribution in [0.5, 0.6) is 0 Å². The molecule has 3 rings (SSSR count). The van der Waals surface area contributed by atoms with Gasteiger partial charge in [-0.2, -0.15) is 0 Å². The van der Waals surface area contributed by atoms with Crippen LogP contribution >= 0.6 is 0 Å². The summed E-state index contributed by atoms with van der Waals surface area (Å²) in [5.41, 5.74) is 0.958. The van der Waals surface area contributed by atoms with Crippen molar-refractivity contribution in [3.05, 3.63) is 60.2 Å². The first-order valence-corrected chi connectivity index (χ1v) is 12.5. The van der Waals surface area contributed by atoms with E-state index in [1.807, 2.05) is 48.5 Å². The minimum Gasteiger partial charge on any atom is -0.432 e. The number of benzene rings is 3. The second-order valence-electron chi connectivity index (χ2n) is 7.97. The zero-order valence-corrected chi connectivity index (χ0v) is 21.1. The maximum absolute atomic E-state index is 12.1. The van der Waals surface area contributed by atoms with Gasteiger partial charge in [-0.25, -0.2) is 4.79 Å². The molecule has 0 heterocycles. The maximum atomic E-state index is 12.1. The highest BCUT2D eigenvalue weighted by Crippen LogP contribution is 2.29. The average Bonchev–Trinajstić information content (AvgIpc) is 2.92. The van der Waals surface area contributed by atoms with Crippen molar-refractivity contribution >= 4 is 27.7 Å². The topological polar surface area (TPSA) is 102 Å². The van der Waals surface area contributed by atoms with Crippen molar-refractivity contribution in [1.82, 2.24) is 0 Å². The van der Waals surface area contributed by atoms with E-state index >= 15 is 0 Å². The van der Waals surface area contributed by atoms with Crippen LogP contribution in [0.2, 0.25) is 0 Å². The lowest BCUT2D eigenvalue weighted by molar-refractivity contribution is -0.0183. The Balaban J connectivity index is 1.19. The van der Waals surface area contributed by atoms with E-state index in [0.717, 1.165) is 27.1 Å². The van der Waals surface area contributed by atoms with Crippen LogP contribution in [0.1, 0.15) is 5.56 Å². The third-order valence-electron chi connectivity index (χ3n) is 5.39. The van der Waals surface area contributed by atoms with Crippen LogP contribution in [0.3, 0.4) is 0 Å². The van der Waals surface area contributed by atoms with Gasteiger partial charge in [0.2, 0.25) is 0 Å². The normalized spacial score (nSPS) is 11.3. The van der Waals surface area contributed by atoms with Gasteiger partial charge >= 0.3 is 6.16 Å². The number of fused-ring (bicyclic) bond motifs is 2. The Kier molecular flexibility index (Phi) is 13.7. The summed E-state index contributed by atoms with van der Waals surface area (Å²) in [5, 5.41) is 12.9. The van der Waals surface area contributed by atoms with Crippen molar-refractivity contribution < 1.29 is 43.1 Å². The molecule has 3 aromatic carbocycles. The first kappa shape index (κ1) is 28.8. The number of aliphatic hydroxyl groups is 1. The summed E-state index contributed by atoms with van der Waals surface area (Å²) in [6.45, 7) is 4.43. The molecule has 0 spiro atoms. The van der Waals surface area contributed by atoms with Crippen LogP contribution in [-0.4, -0.2) is 90.5 Å². The third-order valence-corrected chi connectivity index (χ3v) is 5.39. The van der Waals surface area contributed by atoms with Gasteiger partial charge in [0, 0.05) is 5.56 Å². The lowest BCUT2D eigenvalue weighted by atomic mass is 9.97. The Labute approximate surface area is 217 Å². The lowest BCUT2D eigenvalue weighted by Crippen LogP contribution is -2.15. The SMILES string of the molecule is O=C(OCCOCCOCCOCCOCCOCCO)OCc1c2ccccc2cc2ccccc12. The van der Waals surface area contributed by atoms with E-state index in [9.17, 15) is 4.79 Å². The van der Waals surface area contributed by atoms with Crippen LogP contribution < -0.4 is 0 Å². The van der Waals surface area contributed by atoms with Crippen LogP contribution in [-0.2, 0) is 39.8 Å². The van der Waals surface area contributed by atoms with Gasteiger partial charge in [-0.05, 0) is 27.6 Å². The smallest absolute Gasteiger partial charge is 0.432 e. The Morgan fingerprint density at radius 3 is 1.49 bits per heavy atom. The molecule has 0 radical (unpaired) electrons. The standard InChI is InChI=1S/C28H36O9/c29-9-10-31-11-12-32-13-14-33-15-16-34-17-18-35-19-20-36-28(30)37-22-27-25-7-3-1-5-23(25)21-24-6-2-4-8-26(24)27/h1-8,21,29H,9-20,22H2. The number of hydrogen-bond acceptors (Lipinski definition) is 9. The molecule has 0 atom stereocenters. The molecule has 3 aromatic rings. The molecule has 0 unspecified atom stereocenters. The van der Waals surface area contributed by atoms with Crippen molar-refractivity contribution in [2.75, 3.05) is 79.3 Å². The molecule has 0 aliphatic heterocycles. The van der Waals surface area contributed by atoms with E-state index in [-0.39, 0.29) is 26.4 Å². The van der Waals surface area contributed by atoms with Gasteiger partial charge in [0.15, 0.2) is 0 Å². The molecule has 0 amide bonds. The maximum Gasteiger partial charge on any atom is 0.508 e. The second-order valence-corrected chi connectivity index (χ2v) is 7.97. The van der Waals surface area contributed by atoms with Crippen LogP contribution in [0.15, 0.2) is 54.6 Å². The summed E-state index contributed by atoms with van der Waals surface area (Å²) >= 11 is 0. The summed E-state index contributed by atoms with van der Waals surface area (Å²) < 4.78 is 37.1. The first-order chi connectivity index (χ1) is 18.3. The van der Waals surface area contributed by atoms with Crippen molar-refractivity contribution in [2.24, 2.45) is 0 Å². The van der Waals surface area contributed by atoms with E-state index in [2.05, 4.69) is 6.07 Å². The lowest BCUT2D eigenvalue weighted by Gasteiger charge is -2.12. The summed E-state index contributed by atoms with van der Waals surface area (Å²) in [7, 11) is 0. The Morgan fingerprint density at radius 2 is 1.00 bits per heavy atom. The van der Waals surface area contributed by atoms with Crippen molar-refractivity contribution in [2.45, 2.75) is 6.61 Å². The molecule has 1 N–H and O–H groups in total. The van der Waals surface area contributed by atoms with E-state index in [4.69, 9.17) is 38.3 Å². The Bertz CT molecular complexity index is 1000. The monoisotopic (exact) mass is 516 g/mol. The predicted molar refractivity (Wildman–Crippen MR) is 139 cm³/mol. The van der Waals surface area contributed by atoms with Gasteiger partial charge in [0.25, 0.3) is 0 Å². The van der Waals surface area contributed by atoms with Crippen LogP contribution in [0.4, 0.5) is 4.79 Å². The molecule has 0 saturated heterocycles. The van der Waals surface area contributed by atoms with Gasteiger partial charge in [-0.3, -0.25) is 0 Å². The third kappa shape index (κ3) is 10.6. The minimum atomic E-state index is -0.726. The van der Waals surface area contributed by atoms with E-state index in [1.54, 1.807) is 0 Å². The van der Waals surface area contributed by atoms with Gasteiger partial charge in [0.05, 0.1) is 72.7 Å². The molecule has 0 aliphatic carbocycles. The number of ether oxygens (including phenoxy) is 7. The second kappa shape index (κ2) is 17.6. The Hall–Kier alpha value is -2.79. The summed E-state index contributed by atoms with van der Waals surface area (Å²) in [6.07, 6.45) is -0.726. The van der Waals surface area contributed by atoms with E-state index in [0.29, 0.717) is 59.5 Å². The van der Waals surface area contributed by atoms with Crippen LogP contribution in [0.25, 0.3) is 21.5 Å². The highest BCUT2D eigenvalue weighted by molar-refractivity contribution is 6.02. The van der Waals surface area contributed by atoms with Crippen LogP contribution in [0, 0.1) is 0 Å². The zero-order valence-electron chi connectivity index (χ0n) is 21.1. The molecule has 9 heteroatoms. The van der Waals surface area contributed by atoms with E-state index < -0.39 is 6.16 Å². The number of carbonyl (C=O) groups is 1. The summed E-state index contributed by atoms with van der Waals surface area (Å²) in [6, 6.07) is 18.2. The highest BCUT2D eigenvalue weighted by Gasteiger charge is 2.11. The highest BCUT2D eigenvalue weighted by atomic mass is 16.7. The van der Waals surface area contributed by atoms with Gasteiger partial charge in [-0.1, -0.05) is 48.5 Å². The van der Waals surface area contributed by atoms with Crippen molar-refractivity contribution in [3.8, 4) is 0 Å². The zero-order chi connectivity index (χ0) is 26.0. The molecule has 0 aromatic heterocycles. The largest absolute Gasteiger partial charge is 0.508 e. The quantitative estimate of drug-likeness (QED) is 0.145. The predicted octanol–water partition coefficient (Wildman–Crippen LogP) is 3.72. The molecule has 0 aliphatic rings. The van der Waals surface area contributed by atoms with Crippen molar-refractivity contribution in [3.63, 3.8) is 0 Å². The van der Waals surface area contributed by atoms with Gasteiger partial charge in [0.1, 0.15) is 13.2 Å². The number of carbonyl (C=O) groups excluding carboxylic acids is 1. The number of aliphatic hydroxyl groups excluding tert-OH is 1. The Morgan fingerprint density at radius 1 is 0.568 bits per heavy atom. The number of rotatable bonds is 19. The fraction of sp³-hybridized carbons (Fsp3) is 0.464. The molecule has 0 fully saturated rings. The average molecular weight is 517 g/mol. The van der Waals surface area contributed by atoms with Gasteiger partial charge in [-0.15, -0.1) is 0 Å². The number of hydrogen-bond donors (Lipinski definition) is 1. The summed E-state index contributed by atoms with van der Waals surface area (Å²) in [5.74, 6) is 0. The molecule has 0 saturated carbocycles. The fourth-order valence-electron chi connectivity index (χ4n) is 3.67. The van der Waals surface area contributed by atoms with E-state index in [1.165, 1.54) is 0 Å². The fourth-order valence-corrected chi connectivity index (χ4v) is 3.67. The molecule has 0 bridgehead atoms. The minimum absolute atomic E-state index is 0.0156.